The zero-order valence-electron chi connectivity index (χ0n) is 11.0. The summed E-state index contributed by atoms with van der Waals surface area (Å²) in [5.74, 6) is -1.20. The number of hydrogen-bond donors (Lipinski definition) is 1. The van der Waals surface area contributed by atoms with Crippen LogP contribution in [0.1, 0.15) is 19.3 Å². The third-order valence-corrected chi connectivity index (χ3v) is 2.65. The summed E-state index contributed by atoms with van der Waals surface area (Å²) in [5.41, 5.74) is 0.613. The molecule has 1 N–H and O–H groups in total. The summed E-state index contributed by atoms with van der Waals surface area (Å²) in [4.78, 5) is 24.2. The van der Waals surface area contributed by atoms with Crippen molar-refractivity contribution in [3.63, 3.8) is 0 Å². The Hall–Kier alpha value is -1.88. The number of ether oxygens (including phenoxy) is 1. The standard InChI is InChI=1S/C14H19NO4/c1-19-10-6-5-9-13(16)15(11-14(17)18)12-7-3-2-4-8-12/h2-4,7-8H,5-6,9-11H2,1H3,(H,17,18). The van der Waals surface area contributed by atoms with Crippen LogP contribution in [0.25, 0.3) is 0 Å². The first-order valence-electron chi connectivity index (χ1n) is 6.21. The number of rotatable bonds is 8. The van der Waals surface area contributed by atoms with Crippen molar-refractivity contribution in [2.45, 2.75) is 19.3 Å². The Kier molecular flexibility index (Phi) is 6.60. The van der Waals surface area contributed by atoms with E-state index in [1.54, 1.807) is 31.4 Å². The van der Waals surface area contributed by atoms with Gasteiger partial charge in [0.15, 0.2) is 0 Å². The predicted octanol–water partition coefficient (Wildman–Crippen LogP) is 1.92. The molecule has 0 fully saturated rings. The van der Waals surface area contributed by atoms with Gasteiger partial charge in [-0.05, 0) is 25.0 Å². The summed E-state index contributed by atoms with van der Waals surface area (Å²) >= 11 is 0. The van der Waals surface area contributed by atoms with E-state index in [1.165, 1.54) is 4.90 Å². The molecule has 0 aliphatic rings. The lowest BCUT2D eigenvalue weighted by atomic mass is 10.2. The second-order valence-corrected chi connectivity index (χ2v) is 4.16. The summed E-state index contributed by atoms with van der Waals surface area (Å²) in [6.45, 7) is 0.296. The summed E-state index contributed by atoms with van der Waals surface area (Å²) in [6.07, 6.45) is 1.80. The lowest BCUT2D eigenvalue weighted by molar-refractivity contribution is -0.136. The number of hydrogen-bond acceptors (Lipinski definition) is 3. The first kappa shape index (κ1) is 15.2. The number of amides is 1. The van der Waals surface area contributed by atoms with E-state index in [9.17, 15) is 9.59 Å². The van der Waals surface area contributed by atoms with Crippen molar-refractivity contribution in [3.8, 4) is 0 Å². The largest absolute Gasteiger partial charge is 0.480 e. The fourth-order valence-corrected chi connectivity index (χ4v) is 1.72. The normalized spacial score (nSPS) is 10.2. The fourth-order valence-electron chi connectivity index (χ4n) is 1.72. The van der Waals surface area contributed by atoms with Crippen LogP contribution in [-0.2, 0) is 14.3 Å². The number of methoxy groups -OCH3 is 1. The molecule has 0 saturated carbocycles. The third kappa shape index (κ3) is 5.52. The minimum absolute atomic E-state index is 0.176. The molecule has 0 aliphatic heterocycles. The Morgan fingerprint density at radius 3 is 2.47 bits per heavy atom. The second kappa shape index (κ2) is 8.26. The van der Waals surface area contributed by atoms with Crippen molar-refractivity contribution in [3.05, 3.63) is 30.3 Å². The lowest BCUT2D eigenvalue weighted by Gasteiger charge is -2.20. The number of unbranched alkanes of at least 4 members (excludes halogenated alkanes) is 1. The molecule has 0 saturated heterocycles. The highest BCUT2D eigenvalue weighted by atomic mass is 16.5. The van der Waals surface area contributed by atoms with E-state index in [0.717, 1.165) is 6.42 Å². The van der Waals surface area contributed by atoms with Crippen LogP contribution in [0.5, 0.6) is 0 Å². The quantitative estimate of drug-likeness (QED) is 0.729. The van der Waals surface area contributed by atoms with Gasteiger partial charge >= 0.3 is 5.97 Å². The van der Waals surface area contributed by atoms with Crippen molar-refractivity contribution in [1.29, 1.82) is 0 Å². The number of carbonyl (C=O) groups excluding carboxylic acids is 1. The maximum atomic E-state index is 12.1. The van der Waals surface area contributed by atoms with Crippen LogP contribution in [0.15, 0.2) is 30.3 Å². The van der Waals surface area contributed by atoms with Crippen LogP contribution in [-0.4, -0.2) is 37.2 Å². The molecule has 1 aromatic rings. The topological polar surface area (TPSA) is 66.8 Å². The van der Waals surface area contributed by atoms with E-state index < -0.39 is 5.97 Å². The monoisotopic (exact) mass is 265 g/mol. The molecule has 0 bridgehead atoms. The molecular formula is C14H19NO4. The van der Waals surface area contributed by atoms with E-state index in [-0.39, 0.29) is 12.5 Å². The van der Waals surface area contributed by atoms with Crippen LogP contribution in [0.3, 0.4) is 0 Å². The Balaban J connectivity index is 2.63. The highest BCUT2D eigenvalue weighted by Gasteiger charge is 2.17. The van der Waals surface area contributed by atoms with Gasteiger partial charge in [-0.1, -0.05) is 18.2 Å². The van der Waals surface area contributed by atoms with Gasteiger partial charge in [0.05, 0.1) is 0 Å². The van der Waals surface area contributed by atoms with Crippen molar-refractivity contribution < 1.29 is 19.4 Å². The van der Waals surface area contributed by atoms with Gasteiger partial charge in [0.1, 0.15) is 6.54 Å². The van der Waals surface area contributed by atoms with E-state index in [4.69, 9.17) is 9.84 Å². The second-order valence-electron chi connectivity index (χ2n) is 4.16. The van der Waals surface area contributed by atoms with Gasteiger partial charge in [0.2, 0.25) is 5.91 Å². The molecular weight excluding hydrogens is 246 g/mol. The van der Waals surface area contributed by atoms with E-state index in [2.05, 4.69) is 0 Å². The summed E-state index contributed by atoms with van der Waals surface area (Å²) < 4.78 is 4.91. The highest BCUT2D eigenvalue weighted by Crippen LogP contribution is 2.15. The van der Waals surface area contributed by atoms with Gasteiger partial charge in [0, 0.05) is 25.8 Å². The molecule has 1 rings (SSSR count). The number of carbonyl (C=O) groups is 2. The molecule has 5 nitrogen and oxygen atoms in total. The number of para-hydroxylation sites is 1. The number of benzene rings is 1. The highest BCUT2D eigenvalue weighted by molar-refractivity contribution is 5.97. The third-order valence-electron chi connectivity index (χ3n) is 2.65. The maximum absolute atomic E-state index is 12.1. The molecule has 0 unspecified atom stereocenters. The molecule has 19 heavy (non-hydrogen) atoms. The van der Waals surface area contributed by atoms with Crippen LogP contribution in [0.2, 0.25) is 0 Å². The van der Waals surface area contributed by atoms with Gasteiger partial charge in [-0.15, -0.1) is 0 Å². The Bertz CT molecular complexity index is 405. The summed E-state index contributed by atoms with van der Waals surface area (Å²) in [6, 6.07) is 8.85. The molecule has 0 heterocycles. The molecule has 5 heteroatoms. The number of carboxylic acid groups (broad SMARTS) is 1. The van der Waals surface area contributed by atoms with Crippen molar-refractivity contribution in [2.75, 3.05) is 25.2 Å². The minimum Gasteiger partial charge on any atom is -0.480 e. The Morgan fingerprint density at radius 1 is 1.21 bits per heavy atom. The maximum Gasteiger partial charge on any atom is 0.323 e. The minimum atomic E-state index is -1.02. The van der Waals surface area contributed by atoms with Crippen LogP contribution < -0.4 is 4.90 Å². The van der Waals surface area contributed by atoms with Gasteiger partial charge in [-0.2, -0.15) is 0 Å². The molecule has 1 amide bonds. The average molecular weight is 265 g/mol. The fraction of sp³-hybridized carbons (Fsp3) is 0.429. The Morgan fingerprint density at radius 2 is 1.89 bits per heavy atom. The Labute approximate surface area is 112 Å². The first-order chi connectivity index (χ1) is 9.15. The molecule has 0 aliphatic carbocycles. The van der Waals surface area contributed by atoms with Crippen molar-refractivity contribution >= 4 is 17.6 Å². The molecule has 0 atom stereocenters. The molecule has 1 aromatic carbocycles. The smallest absolute Gasteiger partial charge is 0.323 e. The SMILES string of the molecule is COCCCCC(=O)N(CC(=O)O)c1ccccc1. The first-order valence-corrected chi connectivity index (χ1v) is 6.21. The zero-order chi connectivity index (χ0) is 14.1. The van der Waals surface area contributed by atoms with Crippen LogP contribution in [0, 0.1) is 0 Å². The van der Waals surface area contributed by atoms with E-state index in [0.29, 0.717) is 25.1 Å². The summed E-state index contributed by atoms with van der Waals surface area (Å²) in [5, 5.41) is 8.89. The molecule has 0 radical (unpaired) electrons. The van der Waals surface area contributed by atoms with Gasteiger partial charge in [0.25, 0.3) is 0 Å². The van der Waals surface area contributed by atoms with Crippen molar-refractivity contribution in [1.82, 2.24) is 0 Å². The van der Waals surface area contributed by atoms with Gasteiger partial charge in [-0.25, -0.2) is 0 Å². The van der Waals surface area contributed by atoms with Crippen LogP contribution in [0.4, 0.5) is 5.69 Å². The summed E-state index contributed by atoms with van der Waals surface area (Å²) in [7, 11) is 1.61. The molecule has 0 spiro atoms. The van der Waals surface area contributed by atoms with Crippen molar-refractivity contribution in [2.24, 2.45) is 0 Å². The van der Waals surface area contributed by atoms with Crippen LogP contribution >= 0.6 is 0 Å². The molecule has 0 aromatic heterocycles. The van der Waals surface area contributed by atoms with E-state index >= 15 is 0 Å². The number of nitrogens with zero attached hydrogens (tertiary/aromatic N) is 1. The number of anilines is 1. The number of carboxylic acids is 1. The molecule has 104 valence electrons. The van der Waals surface area contributed by atoms with Gasteiger partial charge < -0.3 is 14.7 Å². The lowest BCUT2D eigenvalue weighted by Crippen LogP contribution is -2.35. The zero-order valence-corrected chi connectivity index (χ0v) is 11.0. The van der Waals surface area contributed by atoms with Gasteiger partial charge in [-0.3, -0.25) is 9.59 Å². The predicted molar refractivity (Wildman–Crippen MR) is 72.2 cm³/mol. The number of aliphatic carboxylic acids is 1. The van der Waals surface area contributed by atoms with E-state index in [1.807, 2.05) is 6.07 Å². The average Bonchev–Trinajstić information content (AvgIpc) is 2.41.